The fourth-order valence-corrected chi connectivity index (χ4v) is 1.19. The number of nitrogens with one attached hydrogen (secondary N) is 2. The summed E-state index contributed by atoms with van der Waals surface area (Å²) in [6.07, 6.45) is -4.79. The predicted octanol–water partition coefficient (Wildman–Crippen LogP) is 0.754. The molecule has 8 heteroatoms. The fraction of sp³-hybridized carbons (Fsp3) is 0.800. The van der Waals surface area contributed by atoms with Crippen LogP contribution >= 0.6 is 0 Å². The highest BCUT2D eigenvalue weighted by molar-refractivity contribution is 5.76. The molecule has 0 saturated heterocycles. The third-order valence-corrected chi connectivity index (χ3v) is 2.02. The van der Waals surface area contributed by atoms with Crippen LogP contribution in [0.1, 0.15) is 20.3 Å². The lowest BCUT2D eigenvalue weighted by molar-refractivity contribution is -0.192. The van der Waals surface area contributed by atoms with Crippen molar-refractivity contribution in [3.8, 4) is 0 Å². The summed E-state index contributed by atoms with van der Waals surface area (Å²) in [7, 11) is 0. The maximum Gasteiger partial charge on any atom is 0.403 e. The number of hydrogen-bond donors (Lipinski definition) is 3. The van der Waals surface area contributed by atoms with E-state index < -0.39 is 24.6 Å². The Kier molecular flexibility index (Phi) is 6.67. The van der Waals surface area contributed by atoms with E-state index in [0.717, 1.165) is 0 Å². The van der Waals surface area contributed by atoms with Crippen molar-refractivity contribution in [2.24, 2.45) is 5.92 Å². The van der Waals surface area contributed by atoms with E-state index in [0.29, 0.717) is 0 Å². The van der Waals surface area contributed by atoms with Crippen LogP contribution in [-0.4, -0.2) is 42.3 Å². The highest BCUT2D eigenvalue weighted by Gasteiger charge is 2.44. The van der Waals surface area contributed by atoms with Crippen LogP contribution < -0.4 is 10.6 Å². The molecule has 3 N–H and O–H groups in total. The molecule has 18 heavy (non-hydrogen) atoms. The fourth-order valence-electron chi connectivity index (χ4n) is 1.19. The first-order valence-corrected chi connectivity index (χ1v) is 5.44. The van der Waals surface area contributed by atoms with E-state index in [1.807, 2.05) is 0 Å². The summed E-state index contributed by atoms with van der Waals surface area (Å²) in [6, 6.07) is -0.0422. The van der Waals surface area contributed by atoms with Gasteiger partial charge in [0.25, 0.3) is 0 Å². The lowest BCUT2D eigenvalue weighted by atomic mass is 10.1. The van der Waals surface area contributed by atoms with Gasteiger partial charge in [0.2, 0.25) is 5.91 Å². The third-order valence-electron chi connectivity index (χ3n) is 2.02. The molecular weight excluding hydrogens is 253 g/mol. The molecule has 0 spiro atoms. The lowest BCUT2D eigenvalue weighted by Gasteiger charge is -2.16. The average Bonchev–Trinajstić information content (AvgIpc) is 2.12. The van der Waals surface area contributed by atoms with Gasteiger partial charge in [0.15, 0.2) is 5.92 Å². The first-order chi connectivity index (χ1) is 8.14. The summed E-state index contributed by atoms with van der Waals surface area (Å²) < 4.78 is 36.7. The van der Waals surface area contributed by atoms with E-state index in [2.05, 4.69) is 10.6 Å². The lowest BCUT2D eigenvalue weighted by Crippen LogP contribution is -2.40. The zero-order valence-electron chi connectivity index (χ0n) is 10.2. The van der Waals surface area contributed by atoms with Gasteiger partial charge in [-0.1, -0.05) is 0 Å². The number of carbonyl (C=O) groups is 2. The normalized spacial score (nSPS) is 13.4. The summed E-state index contributed by atoms with van der Waals surface area (Å²) in [5, 5.41) is 13.3. The Bertz CT molecular complexity index is 293. The van der Waals surface area contributed by atoms with Crippen molar-refractivity contribution in [1.82, 2.24) is 10.6 Å². The van der Waals surface area contributed by atoms with Crippen LogP contribution in [0.25, 0.3) is 0 Å². The average molecular weight is 270 g/mol. The van der Waals surface area contributed by atoms with Gasteiger partial charge in [-0.25, -0.2) is 0 Å². The van der Waals surface area contributed by atoms with Gasteiger partial charge in [-0.3, -0.25) is 9.59 Å². The molecule has 0 aromatic rings. The SMILES string of the molecule is CC(C)NC(=O)CCNCC(C(=O)O)C(F)(F)F. The number of carboxylic acids is 1. The zero-order valence-corrected chi connectivity index (χ0v) is 10.2. The molecule has 1 amide bonds. The first-order valence-electron chi connectivity index (χ1n) is 5.44. The molecule has 0 rings (SSSR count). The smallest absolute Gasteiger partial charge is 0.403 e. The molecule has 1 unspecified atom stereocenters. The van der Waals surface area contributed by atoms with Crippen LogP contribution in [-0.2, 0) is 9.59 Å². The number of halogens is 3. The second-order valence-corrected chi connectivity index (χ2v) is 4.11. The Hall–Kier alpha value is -1.31. The highest BCUT2D eigenvalue weighted by Crippen LogP contribution is 2.25. The maximum atomic E-state index is 12.2. The molecular formula is C10H17F3N2O3. The van der Waals surface area contributed by atoms with E-state index >= 15 is 0 Å². The van der Waals surface area contributed by atoms with Gasteiger partial charge >= 0.3 is 12.1 Å². The Balaban J connectivity index is 3.95. The summed E-state index contributed by atoms with van der Waals surface area (Å²) in [5.74, 6) is -4.68. The van der Waals surface area contributed by atoms with Crippen LogP contribution in [0.2, 0.25) is 0 Å². The molecule has 0 aromatic heterocycles. The van der Waals surface area contributed by atoms with Crippen LogP contribution in [0.3, 0.4) is 0 Å². The van der Waals surface area contributed by atoms with E-state index in [1.54, 1.807) is 13.8 Å². The zero-order chi connectivity index (χ0) is 14.3. The van der Waals surface area contributed by atoms with E-state index in [1.165, 1.54) is 0 Å². The van der Waals surface area contributed by atoms with Gasteiger partial charge < -0.3 is 15.7 Å². The predicted molar refractivity (Wildman–Crippen MR) is 57.9 cm³/mol. The van der Waals surface area contributed by atoms with Gasteiger partial charge in [0.1, 0.15) is 0 Å². The summed E-state index contributed by atoms with van der Waals surface area (Å²) >= 11 is 0. The van der Waals surface area contributed by atoms with Crippen LogP contribution in [0.5, 0.6) is 0 Å². The molecule has 5 nitrogen and oxygen atoms in total. The van der Waals surface area contributed by atoms with Crippen molar-refractivity contribution in [2.45, 2.75) is 32.5 Å². The van der Waals surface area contributed by atoms with Crippen molar-refractivity contribution < 1.29 is 27.9 Å². The molecule has 0 bridgehead atoms. The molecule has 0 aliphatic carbocycles. The largest absolute Gasteiger partial charge is 0.481 e. The number of hydrogen-bond acceptors (Lipinski definition) is 3. The number of alkyl halides is 3. The van der Waals surface area contributed by atoms with Crippen LogP contribution in [0.4, 0.5) is 13.2 Å². The van der Waals surface area contributed by atoms with Crippen molar-refractivity contribution in [3.63, 3.8) is 0 Å². The van der Waals surface area contributed by atoms with Gasteiger partial charge in [-0.2, -0.15) is 13.2 Å². The third kappa shape index (κ3) is 7.10. The van der Waals surface area contributed by atoms with E-state index in [-0.39, 0.29) is 24.9 Å². The standard InChI is InChI=1S/C10H17F3N2O3/c1-6(2)15-8(16)3-4-14-5-7(9(17)18)10(11,12)13/h6-7,14H,3-5H2,1-2H3,(H,15,16)(H,17,18). The summed E-state index contributed by atoms with van der Waals surface area (Å²) in [6.45, 7) is 2.77. The monoisotopic (exact) mass is 270 g/mol. The van der Waals surface area contributed by atoms with Gasteiger partial charge in [0.05, 0.1) is 0 Å². The van der Waals surface area contributed by atoms with E-state index in [9.17, 15) is 22.8 Å². The Morgan fingerprint density at radius 1 is 1.28 bits per heavy atom. The summed E-state index contributed by atoms with van der Waals surface area (Å²) in [4.78, 5) is 21.5. The molecule has 0 saturated carbocycles. The van der Waals surface area contributed by atoms with Gasteiger partial charge in [-0.05, 0) is 13.8 Å². The Labute approximate surface area is 103 Å². The first kappa shape index (κ1) is 16.7. The van der Waals surface area contributed by atoms with Gasteiger partial charge in [-0.15, -0.1) is 0 Å². The second kappa shape index (κ2) is 7.20. The summed E-state index contributed by atoms with van der Waals surface area (Å²) in [5.41, 5.74) is 0. The van der Waals surface area contributed by atoms with Crippen molar-refractivity contribution in [3.05, 3.63) is 0 Å². The number of carbonyl (C=O) groups excluding carboxylic acids is 1. The van der Waals surface area contributed by atoms with Crippen LogP contribution in [0.15, 0.2) is 0 Å². The molecule has 0 aromatic carbocycles. The maximum absolute atomic E-state index is 12.2. The minimum Gasteiger partial charge on any atom is -0.481 e. The molecule has 0 heterocycles. The minimum absolute atomic E-state index is 0.00157. The number of carboxylic acid groups (broad SMARTS) is 1. The molecule has 0 radical (unpaired) electrons. The Morgan fingerprint density at radius 2 is 1.83 bits per heavy atom. The number of rotatable bonds is 7. The molecule has 0 fully saturated rings. The van der Waals surface area contributed by atoms with Crippen molar-refractivity contribution in [1.29, 1.82) is 0 Å². The topological polar surface area (TPSA) is 78.4 Å². The minimum atomic E-state index is -4.79. The van der Waals surface area contributed by atoms with Crippen molar-refractivity contribution >= 4 is 11.9 Å². The second-order valence-electron chi connectivity index (χ2n) is 4.11. The van der Waals surface area contributed by atoms with Gasteiger partial charge in [0, 0.05) is 25.6 Å². The molecule has 0 aliphatic rings. The highest BCUT2D eigenvalue weighted by atomic mass is 19.4. The number of amides is 1. The van der Waals surface area contributed by atoms with Crippen LogP contribution in [0, 0.1) is 5.92 Å². The quantitative estimate of drug-likeness (QED) is 0.597. The Morgan fingerprint density at radius 3 is 2.22 bits per heavy atom. The molecule has 0 aliphatic heterocycles. The van der Waals surface area contributed by atoms with E-state index in [4.69, 9.17) is 5.11 Å². The number of aliphatic carboxylic acids is 1. The van der Waals surface area contributed by atoms with Crippen molar-refractivity contribution in [2.75, 3.05) is 13.1 Å². The molecule has 106 valence electrons. The molecule has 1 atom stereocenters.